The van der Waals surface area contributed by atoms with Crippen molar-refractivity contribution in [3.8, 4) is 0 Å². The minimum Gasteiger partial charge on any atom is -0.462 e. The van der Waals surface area contributed by atoms with E-state index in [1.165, 1.54) is 54.6 Å². The van der Waals surface area contributed by atoms with Gasteiger partial charge in [0.15, 0.2) is 0 Å². The van der Waals surface area contributed by atoms with Crippen molar-refractivity contribution in [3.63, 3.8) is 0 Å². The minimum absolute atomic E-state index is 0.0175. The lowest BCUT2D eigenvalue weighted by molar-refractivity contribution is -0.120. The fourth-order valence-corrected chi connectivity index (χ4v) is 3.68. The lowest BCUT2D eigenvalue weighted by atomic mass is 10.1. The minimum atomic E-state index is -0.779. The molecule has 4 rings (SSSR count). The Kier molecular flexibility index (Phi) is 7.12. The predicted octanol–water partition coefficient (Wildman–Crippen LogP) is 4.69. The van der Waals surface area contributed by atoms with Crippen LogP contribution in [0.1, 0.15) is 27.6 Å². The van der Waals surface area contributed by atoms with E-state index in [9.17, 15) is 23.6 Å². The second-order valence-corrected chi connectivity index (χ2v) is 7.92. The Morgan fingerprint density at radius 3 is 2.42 bits per heavy atom. The smallest absolute Gasteiger partial charge is 0.338 e. The van der Waals surface area contributed by atoms with Crippen molar-refractivity contribution >= 4 is 52.4 Å². The van der Waals surface area contributed by atoms with Crippen molar-refractivity contribution in [2.75, 3.05) is 22.1 Å². The van der Waals surface area contributed by atoms with Gasteiger partial charge in [-0.2, -0.15) is 0 Å². The number of imide groups is 1. The van der Waals surface area contributed by atoms with Crippen LogP contribution in [0.2, 0.25) is 0 Å². The van der Waals surface area contributed by atoms with Crippen LogP contribution in [0.15, 0.2) is 83.5 Å². The zero-order valence-electron chi connectivity index (χ0n) is 18.9. The fourth-order valence-electron chi connectivity index (χ4n) is 3.47. The molecule has 0 aliphatic carbocycles. The summed E-state index contributed by atoms with van der Waals surface area (Å²) in [6.45, 7) is 1.83. The number of carbonyl (C=O) groups is 4. The molecule has 2 N–H and O–H groups in total. The average Bonchev–Trinajstić information content (AvgIpc) is 3.08. The van der Waals surface area contributed by atoms with Crippen LogP contribution >= 0.6 is 11.6 Å². The SMILES string of the molecule is CCOC(=O)c1cccc(N2C(=O)C(Cl)=C(Nc3cccc(C(=O)Nc4ccccc4F)c3)C2=O)c1. The molecule has 0 saturated heterocycles. The number of halogens is 2. The number of anilines is 3. The van der Waals surface area contributed by atoms with Gasteiger partial charge in [0.2, 0.25) is 0 Å². The number of rotatable bonds is 7. The lowest BCUT2D eigenvalue weighted by Crippen LogP contribution is -2.32. The van der Waals surface area contributed by atoms with E-state index < -0.39 is 29.5 Å². The van der Waals surface area contributed by atoms with Crippen LogP contribution in [0, 0.1) is 5.82 Å². The Morgan fingerprint density at radius 1 is 0.944 bits per heavy atom. The molecule has 3 amide bonds. The number of hydrogen-bond donors (Lipinski definition) is 2. The Balaban J connectivity index is 1.54. The van der Waals surface area contributed by atoms with Gasteiger partial charge < -0.3 is 15.4 Å². The zero-order chi connectivity index (χ0) is 25.8. The van der Waals surface area contributed by atoms with Crippen molar-refractivity contribution in [1.82, 2.24) is 0 Å². The highest BCUT2D eigenvalue weighted by atomic mass is 35.5. The molecule has 8 nitrogen and oxygen atoms in total. The van der Waals surface area contributed by atoms with Gasteiger partial charge in [-0.1, -0.05) is 35.9 Å². The van der Waals surface area contributed by atoms with Crippen LogP contribution in [-0.2, 0) is 14.3 Å². The summed E-state index contributed by atoms with van der Waals surface area (Å²) in [5.74, 6) is -3.28. The number of ether oxygens (including phenoxy) is 1. The third-order valence-corrected chi connectivity index (χ3v) is 5.51. The number of esters is 1. The monoisotopic (exact) mass is 507 g/mol. The zero-order valence-corrected chi connectivity index (χ0v) is 19.6. The van der Waals surface area contributed by atoms with Gasteiger partial charge >= 0.3 is 5.97 Å². The Labute approximate surface area is 210 Å². The molecule has 1 aliphatic rings. The molecular weight excluding hydrogens is 489 g/mol. The van der Waals surface area contributed by atoms with Gasteiger partial charge in [-0.15, -0.1) is 0 Å². The number of hydrogen-bond acceptors (Lipinski definition) is 6. The fraction of sp³-hybridized carbons (Fsp3) is 0.0769. The van der Waals surface area contributed by atoms with Gasteiger partial charge in [0.05, 0.1) is 23.5 Å². The molecule has 0 atom stereocenters. The second kappa shape index (κ2) is 10.4. The van der Waals surface area contributed by atoms with Gasteiger partial charge in [-0.25, -0.2) is 14.1 Å². The Bertz CT molecular complexity index is 1420. The van der Waals surface area contributed by atoms with Gasteiger partial charge in [0, 0.05) is 11.3 Å². The molecule has 10 heteroatoms. The summed E-state index contributed by atoms with van der Waals surface area (Å²) < 4.78 is 18.8. The summed E-state index contributed by atoms with van der Waals surface area (Å²) in [7, 11) is 0. The molecule has 182 valence electrons. The topological polar surface area (TPSA) is 105 Å². The van der Waals surface area contributed by atoms with Crippen LogP contribution in [0.4, 0.5) is 21.5 Å². The van der Waals surface area contributed by atoms with Gasteiger partial charge in [-0.05, 0) is 55.5 Å². The first-order chi connectivity index (χ1) is 17.3. The van der Waals surface area contributed by atoms with Crippen LogP contribution in [0.5, 0.6) is 0 Å². The highest BCUT2D eigenvalue weighted by molar-refractivity contribution is 6.53. The van der Waals surface area contributed by atoms with E-state index in [0.717, 1.165) is 4.90 Å². The molecule has 0 fully saturated rings. The summed E-state index contributed by atoms with van der Waals surface area (Å²) in [5, 5.41) is 4.91. The van der Waals surface area contributed by atoms with E-state index in [1.54, 1.807) is 25.1 Å². The van der Waals surface area contributed by atoms with Gasteiger partial charge in [-0.3, -0.25) is 14.4 Å². The van der Waals surface area contributed by atoms with E-state index in [2.05, 4.69) is 10.6 Å². The first kappa shape index (κ1) is 24.6. The molecule has 0 bridgehead atoms. The molecule has 3 aromatic rings. The largest absolute Gasteiger partial charge is 0.462 e. The number of carbonyl (C=O) groups excluding carboxylic acids is 4. The van der Waals surface area contributed by atoms with Gasteiger partial charge in [0.1, 0.15) is 16.5 Å². The Hall–Kier alpha value is -4.50. The molecule has 1 aliphatic heterocycles. The number of nitrogens with zero attached hydrogens (tertiary/aromatic N) is 1. The highest BCUT2D eigenvalue weighted by Gasteiger charge is 2.39. The third kappa shape index (κ3) is 4.96. The normalized spacial score (nSPS) is 13.1. The summed E-state index contributed by atoms with van der Waals surface area (Å²) in [5.41, 5.74) is 0.603. The van der Waals surface area contributed by atoms with Crippen molar-refractivity contribution < 1.29 is 28.3 Å². The van der Waals surface area contributed by atoms with Crippen molar-refractivity contribution in [1.29, 1.82) is 0 Å². The molecule has 1 heterocycles. The molecule has 0 radical (unpaired) electrons. The van der Waals surface area contributed by atoms with Crippen LogP contribution < -0.4 is 15.5 Å². The van der Waals surface area contributed by atoms with E-state index in [0.29, 0.717) is 5.69 Å². The second-order valence-electron chi connectivity index (χ2n) is 7.55. The molecule has 3 aromatic carbocycles. The maximum atomic E-state index is 13.9. The molecule has 0 aromatic heterocycles. The first-order valence-corrected chi connectivity index (χ1v) is 11.2. The average molecular weight is 508 g/mol. The van der Waals surface area contributed by atoms with E-state index in [-0.39, 0.29) is 39.8 Å². The maximum Gasteiger partial charge on any atom is 0.338 e. The number of amides is 3. The van der Waals surface area contributed by atoms with Crippen LogP contribution in [0.3, 0.4) is 0 Å². The third-order valence-electron chi connectivity index (χ3n) is 5.16. The van der Waals surface area contributed by atoms with Crippen LogP contribution in [-0.4, -0.2) is 30.3 Å². The van der Waals surface area contributed by atoms with Crippen molar-refractivity contribution in [2.24, 2.45) is 0 Å². The van der Waals surface area contributed by atoms with Crippen molar-refractivity contribution in [3.05, 3.63) is 100 Å². The number of para-hydroxylation sites is 1. The number of benzene rings is 3. The maximum absolute atomic E-state index is 13.9. The Morgan fingerprint density at radius 2 is 1.67 bits per heavy atom. The predicted molar refractivity (Wildman–Crippen MR) is 132 cm³/mol. The van der Waals surface area contributed by atoms with E-state index in [1.807, 2.05) is 0 Å². The molecule has 36 heavy (non-hydrogen) atoms. The standard InChI is InChI=1S/C26H19ClFN3O5/c1-2-36-26(35)16-8-6-10-18(14-16)31-24(33)21(27)22(25(31)34)29-17-9-5-7-15(13-17)23(32)30-20-12-4-3-11-19(20)28/h3-14,29H,2H2,1H3,(H,30,32). The molecular formula is C26H19ClFN3O5. The molecule has 0 unspecified atom stereocenters. The van der Waals surface area contributed by atoms with E-state index >= 15 is 0 Å². The summed E-state index contributed by atoms with van der Waals surface area (Å²) in [6.07, 6.45) is 0. The van der Waals surface area contributed by atoms with Gasteiger partial charge in [0.25, 0.3) is 17.7 Å². The summed E-state index contributed by atoms with van der Waals surface area (Å²) in [4.78, 5) is 51.4. The highest BCUT2D eigenvalue weighted by Crippen LogP contribution is 2.31. The molecule has 0 saturated carbocycles. The summed E-state index contributed by atoms with van der Waals surface area (Å²) in [6, 6.07) is 17.6. The summed E-state index contributed by atoms with van der Waals surface area (Å²) >= 11 is 6.19. The quantitative estimate of drug-likeness (QED) is 0.355. The molecule has 0 spiro atoms. The first-order valence-electron chi connectivity index (χ1n) is 10.8. The van der Waals surface area contributed by atoms with Crippen LogP contribution in [0.25, 0.3) is 0 Å². The van der Waals surface area contributed by atoms with E-state index in [4.69, 9.17) is 16.3 Å². The lowest BCUT2D eigenvalue weighted by Gasteiger charge is -2.16. The number of nitrogens with one attached hydrogen (secondary N) is 2. The van der Waals surface area contributed by atoms with Crippen molar-refractivity contribution in [2.45, 2.75) is 6.92 Å².